The maximum absolute atomic E-state index is 10.3. The minimum Gasteiger partial charge on any atom is -0.481 e. The zero-order chi connectivity index (χ0) is 18.6. The fraction of sp³-hybridized carbons (Fsp3) is 0.500. The van der Waals surface area contributed by atoms with Gasteiger partial charge in [-0.2, -0.15) is 0 Å². The summed E-state index contributed by atoms with van der Waals surface area (Å²) in [5.74, 6) is -0.771. The van der Waals surface area contributed by atoms with Crippen LogP contribution in [0.25, 0.3) is 0 Å². The standard InChI is InChI=1S/C22H34O3/c1-2-3-4-5-6-7-8-9-12-15-18-21(23)19-16-13-10-11-14-17-20-22(24)25/h6-7,9,11-16,18,21,23H,2-5,8,10,17,19-20H2,1H3,(H,24,25)/b7-6-,12-9-,14-11-,16-13-,18-15-. The Morgan fingerprint density at radius 2 is 1.56 bits per heavy atom. The van der Waals surface area contributed by atoms with Crippen LogP contribution in [0.2, 0.25) is 0 Å². The lowest BCUT2D eigenvalue weighted by Crippen LogP contribution is -1.98. The molecule has 0 aromatic rings. The average molecular weight is 347 g/mol. The number of aliphatic hydroxyl groups is 1. The molecule has 3 heteroatoms. The molecule has 0 saturated carbocycles. The molecule has 0 amide bonds. The SMILES string of the molecule is CCCCC/C=C\C/C=C\C=C/C(O)C/C=C\C/C=C\CCC(=O)O. The number of carboxylic acid groups (broad SMARTS) is 1. The maximum atomic E-state index is 10.3. The summed E-state index contributed by atoms with van der Waals surface area (Å²) in [4.78, 5) is 10.3. The third-order valence-electron chi connectivity index (χ3n) is 3.50. The largest absolute Gasteiger partial charge is 0.481 e. The van der Waals surface area contributed by atoms with Gasteiger partial charge in [0, 0.05) is 6.42 Å². The van der Waals surface area contributed by atoms with E-state index in [2.05, 4.69) is 25.2 Å². The van der Waals surface area contributed by atoms with E-state index in [0.29, 0.717) is 12.8 Å². The Balaban J connectivity index is 3.68. The highest BCUT2D eigenvalue weighted by atomic mass is 16.4. The van der Waals surface area contributed by atoms with E-state index < -0.39 is 12.1 Å². The molecule has 1 unspecified atom stereocenters. The first-order chi connectivity index (χ1) is 12.2. The number of hydrogen-bond acceptors (Lipinski definition) is 2. The molecule has 0 bridgehead atoms. The van der Waals surface area contributed by atoms with Crippen LogP contribution in [0, 0.1) is 0 Å². The van der Waals surface area contributed by atoms with Gasteiger partial charge in [-0.1, -0.05) is 80.5 Å². The molecule has 0 radical (unpaired) electrons. The smallest absolute Gasteiger partial charge is 0.303 e. The highest BCUT2D eigenvalue weighted by molar-refractivity contribution is 5.66. The lowest BCUT2D eigenvalue weighted by Gasteiger charge is -1.98. The van der Waals surface area contributed by atoms with Crippen molar-refractivity contribution in [3.63, 3.8) is 0 Å². The molecule has 0 aliphatic rings. The molecule has 1 atom stereocenters. The van der Waals surface area contributed by atoms with Crippen LogP contribution in [0.3, 0.4) is 0 Å². The van der Waals surface area contributed by atoms with Gasteiger partial charge in [0.05, 0.1) is 6.10 Å². The summed E-state index contributed by atoms with van der Waals surface area (Å²) in [6.45, 7) is 2.21. The molecule has 0 spiro atoms. The summed E-state index contributed by atoms with van der Waals surface area (Å²) < 4.78 is 0. The van der Waals surface area contributed by atoms with Crippen molar-refractivity contribution in [3.05, 3.63) is 60.8 Å². The normalized spacial score (nSPS) is 14.0. The molecule has 0 saturated heterocycles. The van der Waals surface area contributed by atoms with Gasteiger partial charge in [-0.15, -0.1) is 0 Å². The van der Waals surface area contributed by atoms with E-state index in [4.69, 9.17) is 5.11 Å². The number of hydrogen-bond donors (Lipinski definition) is 2. The fourth-order valence-electron chi connectivity index (χ4n) is 2.06. The number of unbranched alkanes of at least 4 members (excludes halogenated alkanes) is 3. The average Bonchev–Trinajstić information content (AvgIpc) is 2.58. The summed E-state index contributed by atoms with van der Waals surface area (Å²) in [7, 11) is 0. The van der Waals surface area contributed by atoms with Crippen molar-refractivity contribution >= 4 is 5.97 Å². The minimum absolute atomic E-state index is 0.173. The van der Waals surface area contributed by atoms with Gasteiger partial charge >= 0.3 is 5.97 Å². The van der Waals surface area contributed by atoms with Gasteiger partial charge in [-0.25, -0.2) is 0 Å². The monoisotopic (exact) mass is 346 g/mol. The summed E-state index contributed by atoms with van der Waals surface area (Å²) in [6.07, 6.45) is 27.4. The number of allylic oxidation sites excluding steroid dienone is 8. The Morgan fingerprint density at radius 1 is 0.880 bits per heavy atom. The number of carboxylic acids is 1. The van der Waals surface area contributed by atoms with Crippen LogP contribution < -0.4 is 0 Å². The Bertz CT molecular complexity index is 456. The zero-order valence-corrected chi connectivity index (χ0v) is 15.5. The van der Waals surface area contributed by atoms with Gasteiger partial charge in [0.1, 0.15) is 0 Å². The van der Waals surface area contributed by atoms with Gasteiger partial charge in [0.25, 0.3) is 0 Å². The van der Waals surface area contributed by atoms with E-state index in [9.17, 15) is 9.90 Å². The molecule has 0 rings (SSSR count). The number of aliphatic carboxylic acids is 1. The van der Waals surface area contributed by atoms with Crippen molar-refractivity contribution in [1.29, 1.82) is 0 Å². The minimum atomic E-state index is -0.771. The van der Waals surface area contributed by atoms with Gasteiger partial charge in [0.15, 0.2) is 0 Å². The van der Waals surface area contributed by atoms with Crippen molar-refractivity contribution in [2.75, 3.05) is 0 Å². The van der Waals surface area contributed by atoms with E-state index in [-0.39, 0.29) is 6.42 Å². The highest BCUT2D eigenvalue weighted by Crippen LogP contribution is 2.01. The predicted molar refractivity (Wildman–Crippen MR) is 107 cm³/mol. The molecule has 0 aromatic carbocycles. The number of aliphatic hydroxyl groups excluding tert-OH is 1. The fourth-order valence-corrected chi connectivity index (χ4v) is 2.06. The van der Waals surface area contributed by atoms with E-state index in [1.54, 1.807) is 6.08 Å². The first-order valence-electron chi connectivity index (χ1n) is 9.35. The Hall–Kier alpha value is -1.87. The Labute approximate surface area is 153 Å². The number of rotatable bonds is 15. The molecule has 3 nitrogen and oxygen atoms in total. The van der Waals surface area contributed by atoms with Crippen LogP contribution in [0.1, 0.15) is 64.7 Å². The van der Waals surface area contributed by atoms with Gasteiger partial charge in [-0.05, 0) is 38.5 Å². The van der Waals surface area contributed by atoms with E-state index in [0.717, 1.165) is 19.3 Å². The van der Waals surface area contributed by atoms with Crippen LogP contribution in [0.5, 0.6) is 0 Å². The molecule has 140 valence electrons. The van der Waals surface area contributed by atoms with E-state index in [1.807, 2.05) is 36.5 Å². The van der Waals surface area contributed by atoms with Gasteiger partial charge in [0.2, 0.25) is 0 Å². The summed E-state index contributed by atoms with van der Waals surface area (Å²) in [5.41, 5.74) is 0. The molecule has 0 fully saturated rings. The lowest BCUT2D eigenvalue weighted by molar-refractivity contribution is -0.136. The molecule has 0 aromatic heterocycles. The van der Waals surface area contributed by atoms with Crippen molar-refractivity contribution in [2.24, 2.45) is 0 Å². The van der Waals surface area contributed by atoms with E-state index in [1.165, 1.54) is 19.3 Å². The molecule has 0 aliphatic heterocycles. The first-order valence-corrected chi connectivity index (χ1v) is 9.35. The van der Waals surface area contributed by atoms with Gasteiger partial charge < -0.3 is 10.2 Å². The van der Waals surface area contributed by atoms with E-state index >= 15 is 0 Å². The van der Waals surface area contributed by atoms with Crippen molar-refractivity contribution in [2.45, 2.75) is 70.8 Å². The second kappa shape index (κ2) is 18.5. The lowest BCUT2D eigenvalue weighted by atomic mass is 10.2. The third-order valence-corrected chi connectivity index (χ3v) is 3.50. The van der Waals surface area contributed by atoms with Crippen molar-refractivity contribution in [1.82, 2.24) is 0 Å². The topological polar surface area (TPSA) is 57.5 Å². The highest BCUT2D eigenvalue weighted by Gasteiger charge is 1.93. The van der Waals surface area contributed by atoms with Gasteiger partial charge in [-0.3, -0.25) is 4.79 Å². The quantitative estimate of drug-likeness (QED) is 0.226. The molecular weight excluding hydrogens is 312 g/mol. The van der Waals surface area contributed by atoms with Crippen LogP contribution >= 0.6 is 0 Å². The second-order valence-corrected chi connectivity index (χ2v) is 5.93. The Kier molecular flexibility index (Phi) is 17.1. The summed E-state index contributed by atoms with van der Waals surface area (Å²) >= 11 is 0. The molecule has 25 heavy (non-hydrogen) atoms. The third kappa shape index (κ3) is 20.1. The number of carbonyl (C=O) groups is 1. The maximum Gasteiger partial charge on any atom is 0.303 e. The Morgan fingerprint density at radius 3 is 2.28 bits per heavy atom. The first kappa shape index (κ1) is 23.1. The van der Waals surface area contributed by atoms with Crippen LogP contribution in [-0.2, 0) is 4.79 Å². The predicted octanol–water partition coefficient (Wildman–Crippen LogP) is 5.74. The molecule has 0 aliphatic carbocycles. The summed E-state index contributed by atoms with van der Waals surface area (Å²) in [5, 5.41) is 18.3. The zero-order valence-electron chi connectivity index (χ0n) is 15.5. The second-order valence-electron chi connectivity index (χ2n) is 5.93. The van der Waals surface area contributed by atoms with Crippen LogP contribution in [-0.4, -0.2) is 22.3 Å². The summed E-state index contributed by atoms with van der Waals surface area (Å²) in [6, 6.07) is 0. The molecule has 0 heterocycles. The van der Waals surface area contributed by atoms with Crippen molar-refractivity contribution < 1.29 is 15.0 Å². The van der Waals surface area contributed by atoms with Crippen LogP contribution in [0.15, 0.2) is 60.8 Å². The molecule has 2 N–H and O–H groups in total. The molecular formula is C22H34O3. The van der Waals surface area contributed by atoms with Crippen LogP contribution in [0.4, 0.5) is 0 Å². The van der Waals surface area contributed by atoms with Crippen molar-refractivity contribution in [3.8, 4) is 0 Å².